The van der Waals surface area contributed by atoms with Crippen molar-refractivity contribution in [2.24, 2.45) is 5.41 Å². The third kappa shape index (κ3) is 3.22. The van der Waals surface area contributed by atoms with Crippen molar-refractivity contribution in [2.45, 2.75) is 33.2 Å². The van der Waals surface area contributed by atoms with Gasteiger partial charge in [0.1, 0.15) is 0 Å². The van der Waals surface area contributed by atoms with Crippen LogP contribution >= 0.6 is 0 Å². The van der Waals surface area contributed by atoms with Gasteiger partial charge in [0.25, 0.3) is 0 Å². The minimum Gasteiger partial charge on any atom is -0.481 e. The van der Waals surface area contributed by atoms with E-state index < -0.39 is 5.97 Å². The molecule has 0 fully saturated rings. The fourth-order valence-corrected chi connectivity index (χ4v) is 1.24. The molecular formula is C9H19NO2. The van der Waals surface area contributed by atoms with Crippen LogP contribution in [0.4, 0.5) is 0 Å². The van der Waals surface area contributed by atoms with Crippen LogP contribution in [-0.4, -0.2) is 36.1 Å². The number of carboxylic acid groups (broad SMARTS) is 1. The van der Waals surface area contributed by atoms with E-state index in [9.17, 15) is 4.79 Å². The largest absolute Gasteiger partial charge is 0.481 e. The van der Waals surface area contributed by atoms with E-state index >= 15 is 0 Å². The van der Waals surface area contributed by atoms with E-state index in [0.29, 0.717) is 0 Å². The Balaban J connectivity index is 4.28. The van der Waals surface area contributed by atoms with E-state index in [2.05, 4.69) is 0 Å². The zero-order chi connectivity index (χ0) is 9.94. The van der Waals surface area contributed by atoms with Gasteiger partial charge in [-0.2, -0.15) is 0 Å². The first-order chi connectivity index (χ1) is 5.27. The first-order valence-electron chi connectivity index (χ1n) is 4.15. The monoisotopic (exact) mass is 173 g/mol. The van der Waals surface area contributed by atoms with Crippen molar-refractivity contribution < 1.29 is 9.90 Å². The van der Waals surface area contributed by atoms with Crippen LogP contribution in [0.1, 0.15) is 27.2 Å². The van der Waals surface area contributed by atoms with Gasteiger partial charge in [-0.3, -0.25) is 4.79 Å². The lowest BCUT2D eigenvalue weighted by atomic mass is 9.81. The number of nitrogens with zero attached hydrogens (tertiary/aromatic N) is 1. The van der Waals surface area contributed by atoms with Crippen LogP contribution in [0.15, 0.2) is 0 Å². The highest BCUT2D eigenvalue weighted by atomic mass is 16.4. The molecule has 1 unspecified atom stereocenters. The molecule has 0 aliphatic rings. The van der Waals surface area contributed by atoms with Crippen LogP contribution in [0.3, 0.4) is 0 Å². The van der Waals surface area contributed by atoms with Crippen molar-refractivity contribution in [2.75, 3.05) is 14.1 Å². The molecule has 0 heterocycles. The predicted octanol–water partition coefficient (Wildman–Crippen LogP) is 1.44. The van der Waals surface area contributed by atoms with Crippen molar-refractivity contribution in [3.63, 3.8) is 0 Å². The molecule has 72 valence electrons. The van der Waals surface area contributed by atoms with Gasteiger partial charge in [0.2, 0.25) is 0 Å². The van der Waals surface area contributed by atoms with Crippen LogP contribution in [0, 0.1) is 5.41 Å². The maximum atomic E-state index is 10.5. The summed E-state index contributed by atoms with van der Waals surface area (Å²) in [7, 11) is 3.93. The van der Waals surface area contributed by atoms with E-state index in [0.717, 1.165) is 0 Å². The summed E-state index contributed by atoms with van der Waals surface area (Å²) in [5, 5.41) is 8.66. The minimum absolute atomic E-state index is 0.171. The molecule has 0 bridgehead atoms. The Labute approximate surface area is 74.4 Å². The number of hydrogen-bond acceptors (Lipinski definition) is 2. The number of carbonyl (C=O) groups is 1. The molecular weight excluding hydrogens is 154 g/mol. The van der Waals surface area contributed by atoms with Crippen molar-refractivity contribution in [3.05, 3.63) is 0 Å². The van der Waals surface area contributed by atoms with Crippen LogP contribution < -0.4 is 0 Å². The highest BCUT2D eigenvalue weighted by Gasteiger charge is 2.29. The lowest BCUT2D eigenvalue weighted by Crippen LogP contribution is -2.39. The highest BCUT2D eigenvalue weighted by Crippen LogP contribution is 2.27. The normalized spacial score (nSPS) is 14.8. The van der Waals surface area contributed by atoms with Crippen LogP contribution in [0.25, 0.3) is 0 Å². The summed E-state index contributed by atoms with van der Waals surface area (Å²) in [4.78, 5) is 12.6. The topological polar surface area (TPSA) is 40.5 Å². The molecule has 0 aromatic rings. The molecule has 0 amide bonds. The lowest BCUT2D eigenvalue weighted by Gasteiger charge is -2.35. The maximum absolute atomic E-state index is 10.5. The second kappa shape index (κ2) is 3.90. The van der Waals surface area contributed by atoms with E-state index in [-0.39, 0.29) is 17.9 Å². The molecule has 3 nitrogen and oxygen atoms in total. The Morgan fingerprint density at radius 2 is 1.92 bits per heavy atom. The number of hydrogen-bond donors (Lipinski definition) is 1. The third-order valence-corrected chi connectivity index (χ3v) is 2.51. The van der Waals surface area contributed by atoms with Gasteiger partial charge in [0.15, 0.2) is 0 Å². The fraction of sp³-hybridized carbons (Fsp3) is 0.889. The Morgan fingerprint density at radius 3 is 2.17 bits per heavy atom. The lowest BCUT2D eigenvalue weighted by molar-refractivity contribution is -0.140. The summed E-state index contributed by atoms with van der Waals surface area (Å²) in [6, 6.07) is 0.272. The molecule has 0 saturated heterocycles. The Kier molecular flexibility index (Phi) is 3.71. The zero-order valence-electron chi connectivity index (χ0n) is 8.59. The van der Waals surface area contributed by atoms with Gasteiger partial charge >= 0.3 is 5.97 Å². The van der Waals surface area contributed by atoms with Gasteiger partial charge in [-0.25, -0.2) is 0 Å². The Morgan fingerprint density at radius 1 is 1.50 bits per heavy atom. The van der Waals surface area contributed by atoms with Gasteiger partial charge in [-0.05, 0) is 26.4 Å². The van der Waals surface area contributed by atoms with Gasteiger partial charge in [-0.1, -0.05) is 13.8 Å². The molecule has 0 aliphatic heterocycles. The zero-order valence-corrected chi connectivity index (χ0v) is 8.59. The van der Waals surface area contributed by atoms with Gasteiger partial charge in [0.05, 0.1) is 6.42 Å². The molecule has 1 N–H and O–H groups in total. The Hall–Kier alpha value is -0.570. The van der Waals surface area contributed by atoms with Gasteiger partial charge in [-0.15, -0.1) is 0 Å². The van der Waals surface area contributed by atoms with Crippen molar-refractivity contribution in [1.82, 2.24) is 4.90 Å². The smallest absolute Gasteiger partial charge is 0.303 e. The van der Waals surface area contributed by atoms with E-state index in [1.807, 2.05) is 39.8 Å². The minimum atomic E-state index is -0.728. The molecule has 0 rings (SSSR count). The quantitative estimate of drug-likeness (QED) is 0.699. The molecule has 12 heavy (non-hydrogen) atoms. The molecule has 1 atom stereocenters. The molecule has 0 aromatic heterocycles. The van der Waals surface area contributed by atoms with Crippen molar-refractivity contribution in [1.29, 1.82) is 0 Å². The average Bonchev–Trinajstić information content (AvgIpc) is 1.82. The summed E-state index contributed by atoms with van der Waals surface area (Å²) < 4.78 is 0. The van der Waals surface area contributed by atoms with E-state index in [1.165, 1.54) is 0 Å². The Bertz CT molecular complexity index is 164. The number of carboxylic acids is 1. The summed E-state index contributed by atoms with van der Waals surface area (Å²) in [5.41, 5.74) is -0.171. The standard InChI is InChI=1S/C9H19NO2/c1-7(10(4)5)9(2,3)6-8(11)12/h7H,6H2,1-5H3,(H,11,12). The summed E-state index contributed by atoms with van der Waals surface area (Å²) in [6.07, 6.45) is 0.215. The summed E-state index contributed by atoms with van der Waals surface area (Å²) in [6.45, 7) is 6.00. The molecule has 0 spiro atoms. The SMILES string of the molecule is CC(N(C)C)C(C)(C)CC(=O)O. The van der Waals surface area contributed by atoms with Crippen LogP contribution in [0.5, 0.6) is 0 Å². The molecule has 0 aliphatic carbocycles. The van der Waals surface area contributed by atoms with E-state index in [1.54, 1.807) is 0 Å². The van der Waals surface area contributed by atoms with Gasteiger partial charge < -0.3 is 10.0 Å². The maximum Gasteiger partial charge on any atom is 0.303 e. The van der Waals surface area contributed by atoms with Gasteiger partial charge in [0, 0.05) is 6.04 Å². The first kappa shape index (κ1) is 11.4. The van der Waals surface area contributed by atoms with Crippen molar-refractivity contribution in [3.8, 4) is 0 Å². The van der Waals surface area contributed by atoms with Crippen LogP contribution in [0.2, 0.25) is 0 Å². The second-order valence-corrected chi connectivity index (χ2v) is 4.20. The van der Waals surface area contributed by atoms with E-state index in [4.69, 9.17) is 5.11 Å². The highest BCUT2D eigenvalue weighted by molar-refractivity contribution is 5.67. The average molecular weight is 173 g/mol. The molecule has 0 aromatic carbocycles. The first-order valence-corrected chi connectivity index (χ1v) is 4.15. The molecule has 3 heteroatoms. The number of rotatable bonds is 4. The number of aliphatic carboxylic acids is 1. The summed E-state index contributed by atoms with van der Waals surface area (Å²) >= 11 is 0. The van der Waals surface area contributed by atoms with Crippen LogP contribution in [-0.2, 0) is 4.79 Å². The third-order valence-electron chi connectivity index (χ3n) is 2.51. The van der Waals surface area contributed by atoms with Crippen molar-refractivity contribution >= 4 is 5.97 Å². The molecule has 0 radical (unpaired) electrons. The summed E-state index contributed by atoms with van der Waals surface area (Å²) in [5.74, 6) is -0.728. The predicted molar refractivity (Wildman–Crippen MR) is 49.2 cm³/mol. The second-order valence-electron chi connectivity index (χ2n) is 4.20. The fourth-order valence-electron chi connectivity index (χ4n) is 1.24. The molecule has 0 saturated carbocycles.